The van der Waals surface area contributed by atoms with Gasteiger partial charge in [-0.25, -0.2) is 0 Å². The van der Waals surface area contributed by atoms with E-state index in [0.717, 1.165) is 56.9 Å². The summed E-state index contributed by atoms with van der Waals surface area (Å²) in [5, 5.41) is 16.0. The predicted molar refractivity (Wildman–Crippen MR) is 123 cm³/mol. The molecule has 0 atom stereocenters. The van der Waals surface area contributed by atoms with E-state index >= 15 is 0 Å². The number of benzene rings is 2. The standard InChI is InChI=1S/C27H33NO4/c1-17-12-13-20(23(29)16-18-8-4-2-5-9-18)25-22(27(31)32)15-14-21(24(17)25)26(30)28-19-10-6-3-7-11-19/h12-15,18-19H,2-11,16H2,1H3,(H,28,30)(H,31,32)/p-1. The third kappa shape index (κ3) is 4.72. The first-order chi connectivity index (χ1) is 15.5. The normalized spacial score (nSPS) is 17.9. The lowest BCUT2D eigenvalue weighted by Gasteiger charge is -2.24. The number of hydrogen-bond acceptors (Lipinski definition) is 4. The molecule has 0 unspecified atom stereocenters. The number of nitrogens with one attached hydrogen (secondary N) is 1. The Balaban J connectivity index is 1.75. The van der Waals surface area contributed by atoms with E-state index in [1.54, 1.807) is 12.1 Å². The topological polar surface area (TPSA) is 86.3 Å². The van der Waals surface area contributed by atoms with E-state index in [1.165, 1.54) is 18.9 Å². The van der Waals surface area contributed by atoms with E-state index in [9.17, 15) is 19.5 Å². The lowest BCUT2D eigenvalue weighted by molar-refractivity contribution is -0.254. The maximum absolute atomic E-state index is 13.3. The third-order valence-electron chi connectivity index (χ3n) is 7.27. The molecule has 32 heavy (non-hydrogen) atoms. The molecule has 0 radical (unpaired) electrons. The highest BCUT2D eigenvalue weighted by Gasteiger charge is 2.24. The number of carbonyl (C=O) groups is 3. The van der Waals surface area contributed by atoms with Gasteiger partial charge in [-0.2, -0.15) is 0 Å². The van der Waals surface area contributed by atoms with Crippen LogP contribution in [0.4, 0.5) is 0 Å². The van der Waals surface area contributed by atoms with E-state index < -0.39 is 5.97 Å². The van der Waals surface area contributed by atoms with Gasteiger partial charge in [-0.15, -0.1) is 0 Å². The third-order valence-corrected chi connectivity index (χ3v) is 7.27. The predicted octanol–water partition coefficient (Wildman–Crippen LogP) is 4.73. The smallest absolute Gasteiger partial charge is 0.252 e. The van der Waals surface area contributed by atoms with E-state index in [1.807, 2.05) is 13.0 Å². The van der Waals surface area contributed by atoms with Crippen LogP contribution in [0.25, 0.3) is 10.8 Å². The molecule has 4 rings (SSSR count). The lowest BCUT2D eigenvalue weighted by Crippen LogP contribution is -2.36. The first-order valence-electron chi connectivity index (χ1n) is 12.1. The Morgan fingerprint density at radius 2 is 1.41 bits per heavy atom. The zero-order chi connectivity index (χ0) is 22.7. The minimum atomic E-state index is -1.33. The van der Waals surface area contributed by atoms with Gasteiger partial charge in [0.15, 0.2) is 5.78 Å². The van der Waals surface area contributed by atoms with Crippen LogP contribution in [0.1, 0.15) is 107 Å². The summed E-state index contributed by atoms with van der Waals surface area (Å²) in [6, 6.07) is 6.67. The number of hydrogen-bond donors (Lipinski definition) is 1. The number of ketones is 1. The van der Waals surface area contributed by atoms with E-state index in [-0.39, 0.29) is 23.3 Å². The average Bonchev–Trinajstić information content (AvgIpc) is 2.79. The van der Waals surface area contributed by atoms with Crippen molar-refractivity contribution in [2.75, 3.05) is 0 Å². The molecular formula is C27H32NO4-. The van der Waals surface area contributed by atoms with Gasteiger partial charge in [0, 0.05) is 34.5 Å². The molecule has 0 spiro atoms. The molecule has 5 heteroatoms. The maximum Gasteiger partial charge on any atom is 0.252 e. The van der Waals surface area contributed by atoms with Crippen LogP contribution < -0.4 is 10.4 Å². The number of rotatable bonds is 6. The highest BCUT2D eigenvalue weighted by Crippen LogP contribution is 2.33. The highest BCUT2D eigenvalue weighted by molar-refractivity contribution is 6.20. The van der Waals surface area contributed by atoms with Crippen LogP contribution in [0.15, 0.2) is 24.3 Å². The van der Waals surface area contributed by atoms with E-state index in [2.05, 4.69) is 5.32 Å². The average molecular weight is 435 g/mol. The Morgan fingerprint density at radius 3 is 2.06 bits per heavy atom. The monoisotopic (exact) mass is 434 g/mol. The summed E-state index contributed by atoms with van der Waals surface area (Å²) >= 11 is 0. The Kier molecular flexibility index (Phi) is 6.92. The highest BCUT2D eigenvalue weighted by atomic mass is 16.4. The van der Waals surface area contributed by atoms with E-state index in [0.29, 0.717) is 34.2 Å². The lowest BCUT2D eigenvalue weighted by atomic mass is 9.83. The molecule has 0 saturated heterocycles. The van der Waals surface area contributed by atoms with Crippen molar-refractivity contribution in [2.45, 2.75) is 83.6 Å². The molecule has 2 aromatic rings. The van der Waals surface area contributed by atoms with Gasteiger partial charge in [-0.1, -0.05) is 69.6 Å². The summed E-state index contributed by atoms with van der Waals surface area (Å²) in [5.41, 5.74) is 1.58. The first-order valence-corrected chi connectivity index (χ1v) is 12.1. The molecule has 2 aromatic carbocycles. The maximum atomic E-state index is 13.3. The van der Waals surface area contributed by atoms with Crippen LogP contribution in [0, 0.1) is 12.8 Å². The molecule has 0 aliphatic heterocycles. The van der Waals surface area contributed by atoms with Crippen molar-refractivity contribution in [1.82, 2.24) is 5.32 Å². The van der Waals surface area contributed by atoms with Crippen molar-refractivity contribution in [3.63, 3.8) is 0 Å². The number of amides is 1. The second-order valence-electron chi connectivity index (χ2n) is 9.57. The van der Waals surface area contributed by atoms with Crippen molar-refractivity contribution >= 4 is 28.4 Å². The number of Topliss-reactive ketones (excluding diaryl/α,β-unsaturated/α-hetero) is 1. The molecule has 1 amide bonds. The van der Waals surface area contributed by atoms with Crippen LogP contribution in [0.5, 0.6) is 0 Å². The molecule has 2 aliphatic rings. The molecule has 2 fully saturated rings. The summed E-state index contributed by atoms with van der Waals surface area (Å²) in [4.78, 5) is 38.5. The molecule has 0 aromatic heterocycles. The van der Waals surface area contributed by atoms with Gasteiger partial charge < -0.3 is 15.2 Å². The van der Waals surface area contributed by atoms with Gasteiger partial charge in [0.05, 0.1) is 5.97 Å². The molecular weight excluding hydrogens is 402 g/mol. The fraction of sp³-hybridized carbons (Fsp3) is 0.519. The zero-order valence-electron chi connectivity index (χ0n) is 18.9. The zero-order valence-corrected chi connectivity index (χ0v) is 18.9. The summed E-state index contributed by atoms with van der Waals surface area (Å²) < 4.78 is 0. The van der Waals surface area contributed by atoms with Crippen molar-refractivity contribution in [2.24, 2.45) is 5.92 Å². The van der Waals surface area contributed by atoms with Crippen molar-refractivity contribution in [3.05, 3.63) is 46.5 Å². The fourth-order valence-electron chi connectivity index (χ4n) is 5.53. The number of carbonyl (C=O) groups excluding carboxylic acids is 3. The molecule has 170 valence electrons. The molecule has 0 bridgehead atoms. The number of fused-ring (bicyclic) bond motifs is 1. The Labute approximate surface area is 189 Å². The van der Waals surface area contributed by atoms with Gasteiger partial charge in [0.2, 0.25) is 0 Å². The van der Waals surface area contributed by atoms with E-state index in [4.69, 9.17) is 0 Å². The van der Waals surface area contributed by atoms with Crippen molar-refractivity contribution in [3.8, 4) is 0 Å². The molecule has 1 N–H and O–H groups in total. The second-order valence-corrected chi connectivity index (χ2v) is 9.57. The first kappa shape index (κ1) is 22.5. The molecule has 2 saturated carbocycles. The summed E-state index contributed by atoms with van der Waals surface area (Å²) in [5.74, 6) is -1.23. The van der Waals surface area contributed by atoms with Gasteiger partial charge in [-0.05, 0) is 42.7 Å². The molecule has 2 aliphatic carbocycles. The van der Waals surface area contributed by atoms with Gasteiger partial charge in [-0.3, -0.25) is 9.59 Å². The van der Waals surface area contributed by atoms with Gasteiger partial charge >= 0.3 is 0 Å². The van der Waals surface area contributed by atoms with Crippen LogP contribution in [0.2, 0.25) is 0 Å². The second kappa shape index (κ2) is 9.85. The van der Waals surface area contributed by atoms with Crippen molar-refractivity contribution in [1.29, 1.82) is 0 Å². The fourth-order valence-corrected chi connectivity index (χ4v) is 5.53. The Morgan fingerprint density at radius 1 is 0.812 bits per heavy atom. The number of aryl methyl sites for hydroxylation is 1. The van der Waals surface area contributed by atoms with Crippen LogP contribution in [-0.4, -0.2) is 23.7 Å². The van der Waals surface area contributed by atoms with Gasteiger partial charge in [0.25, 0.3) is 5.91 Å². The van der Waals surface area contributed by atoms with Crippen molar-refractivity contribution < 1.29 is 19.5 Å². The Bertz CT molecular complexity index is 1030. The number of carboxylic acids is 1. The summed E-state index contributed by atoms with van der Waals surface area (Å²) in [6.07, 6.45) is 11.3. The Hall–Kier alpha value is -2.69. The quantitative estimate of drug-likeness (QED) is 0.666. The molecule has 5 nitrogen and oxygen atoms in total. The van der Waals surface area contributed by atoms with Crippen LogP contribution in [-0.2, 0) is 0 Å². The van der Waals surface area contributed by atoms with Crippen LogP contribution in [0.3, 0.4) is 0 Å². The van der Waals surface area contributed by atoms with Crippen LogP contribution >= 0.6 is 0 Å². The number of carboxylic acid groups (broad SMARTS) is 1. The summed E-state index contributed by atoms with van der Waals surface area (Å²) in [7, 11) is 0. The SMILES string of the molecule is Cc1ccc(C(=O)CC2CCCCC2)c2c(C(=O)[O-])ccc(C(=O)NC3CCCCC3)c12. The largest absolute Gasteiger partial charge is 0.545 e. The minimum absolute atomic E-state index is 0.0232. The number of aromatic carboxylic acids is 1. The minimum Gasteiger partial charge on any atom is -0.545 e. The molecule has 0 heterocycles. The summed E-state index contributed by atoms with van der Waals surface area (Å²) in [6.45, 7) is 1.86. The van der Waals surface area contributed by atoms with Gasteiger partial charge in [0.1, 0.15) is 0 Å².